The lowest BCUT2D eigenvalue weighted by Gasteiger charge is -2.43. The van der Waals surface area contributed by atoms with Crippen molar-refractivity contribution < 1.29 is 24.5 Å². The van der Waals surface area contributed by atoms with Crippen LogP contribution >= 0.6 is 0 Å². The topological polar surface area (TPSA) is 100.0 Å². The molecule has 0 unspecified atom stereocenters. The number of carboxylic acids is 1. The fourth-order valence-electron chi connectivity index (χ4n) is 4.00. The van der Waals surface area contributed by atoms with Gasteiger partial charge in [0.05, 0.1) is 13.2 Å². The molecule has 1 aliphatic rings. The maximum absolute atomic E-state index is 13.1. The highest BCUT2D eigenvalue weighted by molar-refractivity contribution is 5.95. The summed E-state index contributed by atoms with van der Waals surface area (Å²) in [4.78, 5) is 31.2. The van der Waals surface area contributed by atoms with E-state index in [4.69, 9.17) is 4.74 Å². The maximum Gasteiger partial charge on any atom is 0.314 e. The van der Waals surface area contributed by atoms with Gasteiger partial charge in [-0.25, -0.2) is 0 Å². The third-order valence-electron chi connectivity index (χ3n) is 5.48. The first-order chi connectivity index (χ1) is 13.7. The molecule has 1 amide bonds. The van der Waals surface area contributed by atoms with Crippen LogP contribution < -0.4 is 4.74 Å². The molecule has 0 spiro atoms. The summed E-state index contributed by atoms with van der Waals surface area (Å²) in [6, 6.07) is 10.5. The molecule has 0 saturated carbocycles. The number of ether oxygens (including phenoxy) is 1. The first-order valence-corrected chi connectivity index (χ1v) is 9.54. The Balaban J connectivity index is 1.92. The van der Waals surface area contributed by atoms with E-state index in [9.17, 15) is 19.8 Å². The number of benzene rings is 1. The molecule has 2 atom stereocenters. The van der Waals surface area contributed by atoms with Gasteiger partial charge in [0.15, 0.2) is 0 Å². The molecule has 0 radical (unpaired) electrons. The van der Waals surface area contributed by atoms with Gasteiger partial charge in [-0.2, -0.15) is 0 Å². The summed E-state index contributed by atoms with van der Waals surface area (Å²) in [6.07, 6.45) is -0.764. The SMILES string of the molecule is COc1cccc(C[C@@]2(C(=O)O)CN(C(=O)c3cc(C)nc(C)c3)CC[C@H]2O)c1. The number of amides is 1. The lowest BCUT2D eigenvalue weighted by molar-refractivity contribution is -0.161. The van der Waals surface area contributed by atoms with Crippen LogP contribution in [0.5, 0.6) is 5.75 Å². The van der Waals surface area contributed by atoms with Crippen molar-refractivity contribution >= 4 is 11.9 Å². The van der Waals surface area contributed by atoms with Gasteiger partial charge in [-0.15, -0.1) is 0 Å². The number of nitrogens with zero attached hydrogens (tertiary/aromatic N) is 2. The number of hydrogen-bond donors (Lipinski definition) is 2. The van der Waals surface area contributed by atoms with Crippen molar-refractivity contribution in [3.63, 3.8) is 0 Å². The van der Waals surface area contributed by atoms with Crippen molar-refractivity contribution in [2.24, 2.45) is 5.41 Å². The molecule has 2 heterocycles. The Morgan fingerprint density at radius 2 is 1.93 bits per heavy atom. The molecular weight excluding hydrogens is 372 g/mol. The Labute approximate surface area is 170 Å². The number of piperidine rings is 1. The Hall–Kier alpha value is -2.93. The molecule has 2 N–H and O–H groups in total. The smallest absolute Gasteiger partial charge is 0.314 e. The normalized spacial score (nSPS) is 21.7. The second kappa shape index (κ2) is 8.21. The van der Waals surface area contributed by atoms with Gasteiger partial charge in [-0.3, -0.25) is 14.6 Å². The zero-order valence-corrected chi connectivity index (χ0v) is 16.9. The van der Waals surface area contributed by atoms with Crippen LogP contribution in [0.15, 0.2) is 36.4 Å². The first-order valence-electron chi connectivity index (χ1n) is 9.54. The highest BCUT2D eigenvalue weighted by Gasteiger charge is 2.50. The molecule has 1 aromatic carbocycles. The molecule has 2 aromatic rings. The van der Waals surface area contributed by atoms with E-state index in [2.05, 4.69) is 4.98 Å². The number of methoxy groups -OCH3 is 1. The zero-order valence-electron chi connectivity index (χ0n) is 16.9. The molecule has 1 aromatic heterocycles. The van der Waals surface area contributed by atoms with E-state index in [0.717, 1.165) is 17.0 Å². The van der Waals surface area contributed by atoms with Crippen molar-refractivity contribution in [3.8, 4) is 5.75 Å². The number of aliphatic carboxylic acids is 1. The number of carbonyl (C=O) groups is 2. The van der Waals surface area contributed by atoms with E-state index in [1.54, 1.807) is 43.5 Å². The van der Waals surface area contributed by atoms with Gasteiger partial charge in [-0.05, 0) is 56.5 Å². The minimum Gasteiger partial charge on any atom is -0.497 e. The molecule has 0 aliphatic carbocycles. The van der Waals surface area contributed by atoms with E-state index in [-0.39, 0.29) is 25.3 Å². The number of carboxylic acid groups (broad SMARTS) is 1. The monoisotopic (exact) mass is 398 g/mol. The van der Waals surface area contributed by atoms with Gasteiger partial charge in [0.2, 0.25) is 0 Å². The van der Waals surface area contributed by atoms with Crippen LogP contribution in [-0.2, 0) is 11.2 Å². The van der Waals surface area contributed by atoms with Crippen LogP contribution in [0, 0.1) is 19.3 Å². The Bertz CT molecular complexity index is 909. The number of pyridine rings is 1. The van der Waals surface area contributed by atoms with E-state index in [1.165, 1.54) is 4.90 Å². The van der Waals surface area contributed by atoms with Crippen molar-refractivity contribution in [1.82, 2.24) is 9.88 Å². The summed E-state index contributed by atoms with van der Waals surface area (Å²) in [7, 11) is 1.54. The van der Waals surface area contributed by atoms with Gasteiger partial charge in [0.1, 0.15) is 11.2 Å². The predicted octanol–water partition coefficient (Wildman–Crippen LogP) is 2.23. The number of rotatable bonds is 5. The summed E-state index contributed by atoms with van der Waals surface area (Å²) >= 11 is 0. The van der Waals surface area contributed by atoms with Crippen LogP contribution in [0.4, 0.5) is 0 Å². The molecule has 1 saturated heterocycles. The maximum atomic E-state index is 13.1. The summed E-state index contributed by atoms with van der Waals surface area (Å²) in [5.41, 5.74) is 1.18. The largest absolute Gasteiger partial charge is 0.497 e. The van der Waals surface area contributed by atoms with Crippen molar-refractivity contribution in [3.05, 3.63) is 58.9 Å². The number of aryl methyl sites for hydroxylation is 2. The average molecular weight is 398 g/mol. The summed E-state index contributed by atoms with van der Waals surface area (Å²) < 4.78 is 5.22. The van der Waals surface area contributed by atoms with E-state index < -0.39 is 17.5 Å². The lowest BCUT2D eigenvalue weighted by atomic mass is 9.72. The zero-order chi connectivity index (χ0) is 21.2. The lowest BCUT2D eigenvalue weighted by Crippen LogP contribution is -2.58. The molecule has 7 nitrogen and oxygen atoms in total. The second-order valence-corrected chi connectivity index (χ2v) is 7.66. The molecule has 154 valence electrons. The first kappa shape index (κ1) is 20.8. The van der Waals surface area contributed by atoms with Crippen LogP contribution in [0.3, 0.4) is 0 Å². The third-order valence-corrected chi connectivity index (χ3v) is 5.48. The summed E-state index contributed by atoms with van der Waals surface area (Å²) in [5, 5.41) is 20.7. The van der Waals surface area contributed by atoms with E-state index >= 15 is 0 Å². The van der Waals surface area contributed by atoms with Crippen LogP contribution in [0.2, 0.25) is 0 Å². The molecule has 0 bridgehead atoms. The second-order valence-electron chi connectivity index (χ2n) is 7.66. The highest BCUT2D eigenvalue weighted by atomic mass is 16.5. The highest BCUT2D eigenvalue weighted by Crippen LogP contribution is 2.36. The minimum atomic E-state index is -1.49. The van der Waals surface area contributed by atoms with Gasteiger partial charge in [-0.1, -0.05) is 12.1 Å². The van der Waals surface area contributed by atoms with Crippen LogP contribution in [-0.4, -0.2) is 58.3 Å². The molecule has 29 heavy (non-hydrogen) atoms. The van der Waals surface area contributed by atoms with Gasteiger partial charge in [0.25, 0.3) is 5.91 Å². The van der Waals surface area contributed by atoms with Crippen molar-refractivity contribution in [2.45, 2.75) is 32.8 Å². The average Bonchev–Trinajstić information content (AvgIpc) is 2.68. The van der Waals surface area contributed by atoms with Gasteiger partial charge in [0, 0.05) is 30.0 Å². The van der Waals surface area contributed by atoms with Crippen LogP contribution in [0.1, 0.15) is 33.7 Å². The van der Waals surface area contributed by atoms with Crippen molar-refractivity contribution in [1.29, 1.82) is 0 Å². The number of carbonyl (C=O) groups excluding carboxylic acids is 1. The van der Waals surface area contributed by atoms with Gasteiger partial charge < -0.3 is 19.8 Å². The minimum absolute atomic E-state index is 0.0695. The van der Waals surface area contributed by atoms with Gasteiger partial charge >= 0.3 is 5.97 Å². The third kappa shape index (κ3) is 4.24. The molecule has 1 aliphatic heterocycles. The predicted molar refractivity (Wildman–Crippen MR) is 107 cm³/mol. The van der Waals surface area contributed by atoms with E-state index in [0.29, 0.717) is 17.9 Å². The fourth-order valence-corrected chi connectivity index (χ4v) is 4.00. The van der Waals surface area contributed by atoms with Crippen molar-refractivity contribution in [2.75, 3.05) is 20.2 Å². The Kier molecular flexibility index (Phi) is 5.88. The Morgan fingerprint density at radius 3 is 2.55 bits per heavy atom. The number of aliphatic hydroxyl groups excluding tert-OH is 1. The number of aliphatic hydroxyl groups is 1. The van der Waals surface area contributed by atoms with E-state index in [1.807, 2.05) is 13.8 Å². The fraction of sp³-hybridized carbons (Fsp3) is 0.409. The molecule has 3 rings (SSSR count). The molecule has 7 heteroatoms. The standard InChI is InChI=1S/C22H26N2O5/c1-14-9-17(10-15(2)23-14)20(26)24-8-7-19(25)22(13-24,21(27)28)12-16-5-4-6-18(11-16)29-3/h4-6,9-11,19,25H,7-8,12-13H2,1-3H3,(H,27,28)/t19-,22-/m1/s1. The number of likely N-dealkylation sites (tertiary alicyclic amines) is 1. The molecule has 1 fully saturated rings. The number of hydrogen-bond acceptors (Lipinski definition) is 5. The quantitative estimate of drug-likeness (QED) is 0.801. The summed E-state index contributed by atoms with van der Waals surface area (Å²) in [6.45, 7) is 3.86. The van der Waals surface area contributed by atoms with Crippen LogP contribution in [0.25, 0.3) is 0 Å². The number of aromatic nitrogens is 1. The molecular formula is C22H26N2O5. The Morgan fingerprint density at radius 1 is 1.24 bits per heavy atom. The summed E-state index contributed by atoms with van der Waals surface area (Å²) in [5.74, 6) is -0.752.